The molecule has 0 aromatic heterocycles. The number of aliphatic hydroxyl groups is 1. The van der Waals surface area contributed by atoms with E-state index in [1.54, 1.807) is 0 Å². The van der Waals surface area contributed by atoms with Crippen molar-refractivity contribution in [2.24, 2.45) is 22.7 Å². The lowest BCUT2D eigenvalue weighted by Crippen LogP contribution is -2.42. The summed E-state index contributed by atoms with van der Waals surface area (Å²) in [6, 6.07) is 5.66. The first-order valence-corrected chi connectivity index (χ1v) is 12.2. The second-order valence-electron chi connectivity index (χ2n) is 12.4. The van der Waals surface area contributed by atoms with Gasteiger partial charge in [-0.25, -0.2) is 4.79 Å². The Morgan fingerprint density at radius 3 is 1.67 bits per heavy atom. The first kappa shape index (κ1) is 29.2. The normalized spacial score (nSPS) is 16.0. The number of Topliss-reactive ketones (excluding diaryl/α,β-unsaturated/α-hetero) is 1. The molecule has 0 saturated heterocycles. The summed E-state index contributed by atoms with van der Waals surface area (Å²) in [7, 11) is 0. The highest BCUT2D eigenvalue weighted by Crippen LogP contribution is 2.33. The van der Waals surface area contributed by atoms with Crippen molar-refractivity contribution in [3.8, 4) is 5.75 Å². The number of ketones is 1. The smallest absolute Gasteiger partial charge is 0.338 e. The summed E-state index contributed by atoms with van der Waals surface area (Å²) in [6.07, 6.45) is 4.21. The molecule has 5 heteroatoms. The van der Waals surface area contributed by atoms with E-state index in [2.05, 4.69) is 55.4 Å². The number of phenols is 1. The Labute approximate surface area is 200 Å². The van der Waals surface area contributed by atoms with Gasteiger partial charge in [0.05, 0.1) is 5.56 Å². The quantitative estimate of drug-likeness (QED) is 0.344. The highest BCUT2D eigenvalue weighted by Gasteiger charge is 2.37. The Balaban J connectivity index is 2.83. The number of esters is 1. The minimum atomic E-state index is -1.51. The van der Waals surface area contributed by atoms with Crippen molar-refractivity contribution < 1.29 is 24.5 Å². The Morgan fingerprint density at radius 1 is 0.848 bits per heavy atom. The average Bonchev–Trinajstić information content (AvgIpc) is 2.66. The predicted octanol–water partition coefficient (Wildman–Crippen LogP) is 6.55. The van der Waals surface area contributed by atoms with E-state index in [9.17, 15) is 19.8 Å². The average molecular weight is 463 g/mol. The zero-order valence-electron chi connectivity index (χ0n) is 22.0. The van der Waals surface area contributed by atoms with Gasteiger partial charge in [-0.3, -0.25) is 4.79 Å². The molecule has 2 atom stereocenters. The Kier molecular flexibility index (Phi) is 10.6. The minimum absolute atomic E-state index is 0.0470. The van der Waals surface area contributed by atoms with Crippen LogP contribution in [0.25, 0.3) is 0 Å². The van der Waals surface area contributed by atoms with Gasteiger partial charge in [0.1, 0.15) is 11.4 Å². The molecule has 0 saturated carbocycles. The highest BCUT2D eigenvalue weighted by atomic mass is 16.5. The van der Waals surface area contributed by atoms with Crippen LogP contribution in [-0.2, 0) is 9.53 Å². The molecule has 2 N–H and O–H groups in total. The number of benzene rings is 1. The number of rotatable bonds is 12. The maximum atomic E-state index is 13.1. The van der Waals surface area contributed by atoms with Crippen LogP contribution in [-0.4, -0.2) is 34.2 Å². The lowest BCUT2D eigenvalue weighted by molar-refractivity contribution is -0.143. The lowest BCUT2D eigenvalue weighted by atomic mass is 9.77. The second-order valence-corrected chi connectivity index (χ2v) is 12.4. The van der Waals surface area contributed by atoms with Crippen LogP contribution in [0.5, 0.6) is 5.75 Å². The standard InChI is InChI=1S/C28H46O5/c1-20(17-26(3,4)5)13-15-28(32,16-14-21(2)18-27(6,7)8)24(30)19-33-25(31)22-9-11-23(29)12-10-22/h9-12,20-21,29,32H,13-19H2,1-8H3. The van der Waals surface area contributed by atoms with Gasteiger partial charge in [0.25, 0.3) is 0 Å². The molecule has 0 bridgehead atoms. The van der Waals surface area contributed by atoms with Gasteiger partial charge in [0.2, 0.25) is 5.78 Å². The third-order valence-electron chi connectivity index (χ3n) is 5.98. The number of ether oxygens (including phenoxy) is 1. The number of phenolic OH excluding ortho intramolecular Hbond substituents is 1. The van der Waals surface area contributed by atoms with Crippen LogP contribution in [0.4, 0.5) is 0 Å². The van der Waals surface area contributed by atoms with Crippen LogP contribution in [0.1, 0.15) is 104 Å². The van der Waals surface area contributed by atoms with Gasteiger partial charge in [-0.15, -0.1) is 0 Å². The van der Waals surface area contributed by atoms with Crippen molar-refractivity contribution in [1.29, 1.82) is 0 Å². The monoisotopic (exact) mass is 462 g/mol. The molecule has 0 aliphatic rings. The molecule has 1 rings (SSSR count). The van der Waals surface area contributed by atoms with Gasteiger partial charge in [-0.2, -0.15) is 0 Å². The molecule has 5 nitrogen and oxygen atoms in total. The van der Waals surface area contributed by atoms with Crippen LogP contribution in [0.2, 0.25) is 0 Å². The van der Waals surface area contributed by atoms with Crippen molar-refractivity contribution in [3.05, 3.63) is 29.8 Å². The van der Waals surface area contributed by atoms with Crippen LogP contribution in [0.15, 0.2) is 24.3 Å². The van der Waals surface area contributed by atoms with Crippen LogP contribution >= 0.6 is 0 Å². The molecule has 1 aromatic carbocycles. The zero-order chi connectivity index (χ0) is 25.4. The van der Waals surface area contributed by atoms with E-state index in [1.165, 1.54) is 24.3 Å². The molecule has 33 heavy (non-hydrogen) atoms. The first-order valence-electron chi connectivity index (χ1n) is 12.2. The van der Waals surface area contributed by atoms with Gasteiger partial charge in [-0.1, -0.05) is 55.4 Å². The molecule has 0 fully saturated rings. The summed E-state index contributed by atoms with van der Waals surface area (Å²) in [5.74, 6) is -0.300. The van der Waals surface area contributed by atoms with Crippen LogP contribution < -0.4 is 0 Å². The molecule has 2 unspecified atom stereocenters. The van der Waals surface area contributed by atoms with E-state index in [0.29, 0.717) is 24.7 Å². The summed E-state index contributed by atoms with van der Waals surface area (Å²) >= 11 is 0. The van der Waals surface area contributed by atoms with E-state index < -0.39 is 24.0 Å². The molecule has 0 heterocycles. The van der Waals surface area contributed by atoms with Crippen molar-refractivity contribution in [1.82, 2.24) is 0 Å². The maximum absolute atomic E-state index is 13.1. The van der Waals surface area contributed by atoms with E-state index in [-0.39, 0.29) is 22.1 Å². The summed E-state index contributed by atoms with van der Waals surface area (Å²) < 4.78 is 5.22. The largest absolute Gasteiger partial charge is 0.508 e. The van der Waals surface area contributed by atoms with E-state index in [1.807, 2.05) is 0 Å². The summed E-state index contributed by atoms with van der Waals surface area (Å²) in [6.45, 7) is 17.0. The second kappa shape index (κ2) is 12.0. The molecule has 0 radical (unpaired) electrons. The Morgan fingerprint density at radius 2 is 1.27 bits per heavy atom. The summed E-state index contributed by atoms with van der Waals surface area (Å²) in [5.41, 5.74) is -0.889. The molecule has 0 amide bonds. The number of hydrogen-bond acceptors (Lipinski definition) is 5. The fourth-order valence-corrected chi connectivity index (χ4v) is 4.62. The minimum Gasteiger partial charge on any atom is -0.508 e. The molecule has 0 aliphatic heterocycles. The fourth-order valence-electron chi connectivity index (χ4n) is 4.62. The van der Waals surface area contributed by atoms with Gasteiger partial charge in [0, 0.05) is 0 Å². The lowest BCUT2D eigenvalue weighted by Gasteiger charge is -2.31. The molecular weight excluding hydrogens is 416 g/mol. The van der Waals surface area contributed by atoms with Crippen molar-refractivity contribution in [3.63, 3.8) is 0 Å². The fraction of sp³-hybridized carbons (Fsp3) is 0.714. The number of carbonyl (C=O) groups excluding carboxylic acids is 2. The number of aromatic hydroxyl groups is 1. The third-order valence-corrected chi connectivity index (χ3v) is 5.98. The van der Waals surface area contributed by atoms with Crippen molar-refractivity contribution >= 4 is 11.8 Å². The Bertz CT molecular complexity index is 726. The van der Waals surface area contributed by atoms with Crippen LogP contribution in [0, 0.1) is 22.7 Å². The summed E-state index contributed by atoms with van der Waals surface area (Å²) in [5, 5.41) is 20.8. The predicted molar refractivity (Wildman–Crippen MR) is 133 cm³/mol. The molecule has 0 aliphatic carbocycles. The van der Waals surface area contributed by atoms with E-state index in [4.69, 9.17) is 4.74 Å². The molecule has 0 spiro atoms. The highest BCUT2D eigenvalue weighted by molar-refractivity contribution is 5.93. The van der Waals surface area contributed by atoms with Crippen LogP contribution in [0.3, 0.4) is 0 Å². The zero-order valence-corrected chi connectivity index (χ0v) is 22.0. The van der Waals surface area contributed by atoms with E-state index >= 15 is 0 Å². The van der Waals surface area contributed by atoms with Gasteiger partial charge in [0.15, 0.2) is 6.61 Å². The molecule has 1 aromatic rings. The topological polar surface area (TPSA) is 83.8 Å². The third kappa shape index (κ3) is 11.7. The van der Waals surface area contributed by atoms with Gasteiger partial charge < -0.3 is 14.9 Å². The Hall–Kier alpha value is -1.88. The van der Waals surface area contributed by atoms with Crippen molar-refractivity contribution in [2.75, 3.05) is 6.61 Å². The summed E-state index contributed by atoms with van der Waals surface area (Å²) in [4.78, 5) is 25.4. The van der Waals surface area contributed by atoms with Crippen molar-refractivity contribution in [2.45, 2.75) is 99.5 Å². The maximum Gasteiger partial charge on any atom is 0.338 e. The van der Waals surface area contributed by atoms with E-state index in [0.717, 1.165) is 25.7 Å². The number of hydrogen-bond donors (Lipinski definition) is 2. The van der Waals surface area contributed by atoms with Gasteiger partial charge in [-0.05, 0) is 85.5 Å². The molecule has 188 valence electrons. The molecular formula is C28H46O5. The van der Waals surface area contributed by atoms with Gasteiger partial charge >= 0.3 is 5.97 Å². The SMILES string of the molecule is CC(CCC(O)(CCC(C)CC(C)(C)C)C(=O)COC(=O)c1ccc(O)cc1)CC(C)(C)C. The first-order chi connectivity index (χ1) is 15.0. The number of carbonyl (C=O) groups is 2.